The first-order valence-electron chi connectivity index (χ1n) is 10.4. The van der Waals surface area contributed by atoms with Crippen molar-refractivity contribution in [1.29, 1.82) is 0 Å². The molecular formula is C24H25N7S. The van der Waals surface area contributed by atoms with Crippen LogP contribution in [0.5, 0.6) is 0 Å². The molecule has 0 atom stereocenters. The number of anilines is 3. The molecule has 0 bridgehead atoms. The fourth-order valence-corrected chi connectivity index (χ4v) is 4.44. The van der Waals surface area contributed by atoms with E-state index in [0.29, 0.717) is 11.2 Å². The van der Waals surface area contributed by atoms with Crippen LogP contribution in [0.1, 0.15) is 5.56 Å². The summed E-state index contributed by atoms with van der Waals surface area (Å²) in [6, 6.07) is 12.9. The van der Waals surface area contributed by atoms with Gasteiger partial charge < -0.3 is 20.9 Å². The number of rotatable bonds is 6. The van der Waals surface area contributed by atoms with Crippen LogP contribution >= 0.6 is 11.3 Å². The van der Waals surface area contributed by atoms with Crippen LogP contribution in [-0.4, -0.2) is 53.1 Å². The van der Waals surface area contributed by atoms with Gasteiger partial charge in [-0.25, -0.2) is 15.0 Å². The molecule has 7 nitrogen and oxygen atoms in total. The van der Waals surface area contributed by atoms with E-state index in [0.717, 1.165) is 57.2 Å². The highest BCUT2D eigenvalue weighted by Crippen LogP contribution is 2.31. The van der Waals surface area contributed by atoms with Crippen LogP contribution in [0, 0.1) is 0 Å². The number of benzene rings is 1. The number of likely N-dealkylation sites (N-methyl/N-ethyl adjacent to an activating group) is 1. The molecule has 0 spiro atoms. The molecular weight excluding hydrogens is 418 g/mol. The van der Waals surface area contributed by atoms with Gasteiger partial charge in [0, 0.05) is 54.4 Å². The van der Waals surface area contributed by atoms with Gasteiger partial charge in [0.15, 0.2) is 5.13 Å². The Morgan fingerprint density at radius 1 is 1.09 bits per heavy atom. The summed E-state index contributed by atoms with van der Waals surface area (Å²) in [4.78, 5) is 18.8. The van der Waals surface area contributed by atoms with E-state index in [4.69, 9.17) is 5.73 Å². The predicted molar refractivity (Wildman–Crippen MR) is 134 cm³/mol. The summed E-state index contributed by atoms with van der Waals surface area (Å²) in [6.07, 6.45) is 5.51. The molecule has 1 aliphatic heterocycles. The molecule has 3 aromatic heterocycles. The highest BCUT2D eigenvalue weighted by atomic mass is 32.1. The third-order valence-electron chi connectivity index (χ3n) is 5.82. The number of hydrogen-bond acceptors (Lipinski definition) is 8. The molecule has 4 aromatic rings. The lowest BCUT2D eigenvalue weighted by Gasteiger charge is -2.43. The maximum absolute atomic E-state index is 5.79. The van der Waals surface area contributed by atoms with Crippen LogP contribution in [0.25, 0.3) is 26.9 Å². The maximum atomic E-state index is 5.79. The monoisotopic (exact) mass is 443 g/mol. The fraction of sp³-hybridized carbons (Fsp3) is 0.208. The predicted octanol–water partition coefficient (Wildman–Crippen LogP) is 4.17. The second kappa shape index (κ2) is 8.22. The minimum Gasteiger partial charge on any atom is -0.375 e. The number of thiazole rings is 1. The normalized spacial score (nSPS) is 14.0. The van der Waals surface area contributed by atoms with Gasteiger partial charge in [0.2, 0.25) is 0 Å². The van der Waals surface area contributed by atoms with Crippen molar-refractivity contribution in [2.45, 2.75) is 6.04 Å². The molecule has 1 fully saturated rings. The smallest absolute Gasteiger partial charge is 0.180 e. The van der Waals surface area contributed by atoms with Gasteiger partial charge in [0.05, 0.1) is 4.88 Å². The topological polar surface area (TPSA) is 83.2 Å². The summed E-state index contributed by atoms with van der Waals surface area (Å²) in [5.41, 5.74) is 8.67. The minimum atomic E-state index is 0.570. The van der Waals surface area contributed by atoms with Crippen molar-refractivity contribution in [1.82, 2.24) is 19.9 Å². The van der Waals surface area contributed by atoms with Crippen LogP contribution in [0.15, 0.2) is 61.6 Å². The maximum Gasteiger partial charge on any atom is 0.180 e. The highest BCUT2D eigenvalue weighted by molar-refractivity contribution is 7.18. The van der Waals surface area contributed by atoms with Gasteiger partial charge in [-0.1, -0.05) is 30.0 Å². The van der Waals surface area contributed by atoms with Crippen molar-refractivity contribution in [2.24, 2.45) is 0 Å². The van der Waals surface area contributed by atoms with Crippen molar-refractivity contribution in [3.05, 3.63) is 67.1 Å². The molecule has 1 saturated heterocycles. The first-order chi connectivity index (χ1) is 15.5. The van der Waals surface area contributed by atoms with E-state index in [9.17, 15) is 0 Å². The van der Waals surface area contributed by atoms with E-state index >= 15 is 0 Å². The molecule has 1 aliphatic rings. The Bertz CT molecular complexity index is 1290. The van der Waals surface area contributed by atoms with E-state index in [1.165, 1.54) is 11.3 Å². The molecule has 1 aromatic carbocycles. The number of pyridine rings is 2. The van der Waals surface area contributed by atoms with Gasteiger partial charge in [-0.3, -0.25) is 0 Å². The average Bonchev–Trinajstić information content (AvgIpc) is 3.18. The summed E-state index contributed by atoms with van der Waals surface area (Å²) in [5, 5.41) is 6.08. The van der Waals surface area contributed by atoms with E-state index in [-0.39, 0.29) is 0 Å². The fourth-order valence-electron chi connectivity index (χ4n) is 3.76. The SMILES string of the molecule is C=C(Nc1cc2cc(-c3cnc(N)s3)ccc2cn1)c1ccnc(N2CC(N(C)C)C2)c1. The standard InChI is InChI=1S/C24H25N7S/c1-15(16-6-7-26-23(10-16)31-13-20(14-31)30(2)3)29-22-9-19-8-17(4-5-18(19)11-27-22)21-12-28-24(25)32-21/h4-12,20H,1,13-14H2,2-3H3,(H2,25,28)(H,27,29). The summed E-state index contributed by atoms with van der Waals surface area (Å²) in [6.45, 7) is 6.21. The Morgan fingerprint density at radius 2 is 1.94 bits per heavy atom. The zero-order valence-electron chi connectivity index (χ0n) is 18.1. The van der Waals surface area contributed by atoms with Gasteiger partial charge >= 0.3 is 0 Å². The molecule has 3 N–H and O–H groups in total. The summed E-state index contributed by atoms with van der Waals surface area (Å²) < 4.78 is 0. The zero-order valence-corrected chi connectivity index (χ0v) is 18.9. The number of nitrogen functional groups attached to an aromatic ring is 1. The van der Waals surface area contributed by atoms with Crippen LogP contribution in [0.3, 0.4) is 0 Å². The highest BCUT2D eigenvalue weighted by Gasteiger charge is 2.29. The van der Waals surface area contributed by atoms with Crippen molar-refractivity contribution >= 4 is 44.6 Å². The second-order valence-electron chi connectivity index (χ2n) is 8.22. The Hall–Kier alpha value is -3.49. The van der Waals surface area contributed by atoms with Gasteiger partial charge in [0.25, 0.3) is 0 Å². The van der Waals surface area contributed by atoms with Crippen LogP contribution < -0.4 is 16.0 Å². The second-order valence-corrected chi connectivity index (χ2v) is 9.29. The number of nitrogens with one attached hydrogen (secondary N) is 1. The molecule has 0 unspecified atom stereocenters. The van der Waals surface area contributed by atoms with Crippen molar-refractivity contribution in [3.8, 4) is 10.4 Å². The number of nitrogens with zero attached hydrogens (tertiary/aromatic N) is 5. The van der Waals surface area contributed by atoms with Gasteiger partial charge in [-0.15, -0.1) is 0 Å². The molecule has 32 heavy (non-hydrogen) atoms. The molecule has 0 amide bonds. The largest absolute Gasteiger partial charge is 0.375 e. The molecule has 0 aliphatic carbocycles. The van der Waals surface area contributed by atoms with E-state index < -0.39 is 0 Å². The first kappa shape index (κ1) is 20.4. The molecule has 162 valence electrons. The Labute approximate surface area is 191 Å². The minimum absolute atomic E-state index is 0.570. The lowest BCUT2D eigenvalue weighted by molar-refractivity contribution is 0.246. The van der Waals surface area contributed by atoms with Gasteiger partial charge in [-0.05, 0) is 49.3 Å². The molecule has 8 heteroatoms. The van der Waals surface area contributed by atoms with Crippen molar-refractivity contribution < 1.29 is 0 Å². The summed E-state index contributed by atoms with van der Waals surface area (Å²) in [7, 11) is 4.23. The van der Waals surface area contributed by atoms with E-state index in [2.05, 4.69) is 75.0 Å². The van der Waals surface area contributed by atoms with Crippen LogP contribution in [0.2, 0.25) is 0 Å². The Morgan fingerprint density at radius 3 is 2.69 bits per heavy atom. The molecule has 0 saturated carbocycles. The van der Waals surface area contributed by atoms with E-state index in [1.54, 1.807) is 0 Å². The molecule has 0 radical (unpaired) electrons. The van der Waals surface area contributed by atoms with Crippen molar-refractivity contribution in [2.75, 3.05) is 43.1 Å². The number of aromatic nitrogens is 3. The van der Waals surface area contributed by atoms with Gasteiger partial charge in [0.1, 0.15) is 11.6 Å². The number of hydrogen-bond donors (Lipinski definition) is 2. The van der Waals surface area contributed by atoms with Crippen LogP contribution in [0.4, 0.5) is 16.8 Å². The lowest BCUT2D eigenvalue weighted by Crippen LogP contribution is -2.57. The molecule has 4 heterocycles. The Kier molecular flexibility index (Phi) is 5.24. The zero-order chi connectivity index (χ0) is 22.2. The van der Waals surface area contributed by atoms with E-state index in [1.807, 2.05) is 30.7 Å². The lowest BCUT2D eigenvalue weighted by atomic mass is 10.1. The quantitative estimate of drug-likeness (QED) is 0.463. The number of fused-ring (bicyclic) bond motifs is 1. The van der Waals surface area contributed by atoms with Crippen molar-refractivity contribution in [3.63, 3.8) is 0 Å². The summed E-state index contributed by atoms with van der Waals surface area (Å²) in [5.74, 6) is 1.72. The third kappa shape index (κ3) is 4.02. The summed E-state index contributed by atoms with van der Waals surface area (Å²) >= 11 is 1.48. The first-order valence-corrected chi connectivity index (χ1v) is 11.2. The van der Waals surface area contributed by atoms with Crippen LogP contribution in [-0.2, 0) is 0 Å². The number of nitrogens with two attached hydrogens (primary N) is 1. The van der Waals surface area contributed by atoms with Gasteiger partial charge in [-0.2, -0.15) is 0 Å². The average molecular weight is 444 g/mol. The third-order valence-corrected chi connectivity index (χ3v) is 6.69. The Balaban J connectivity index is 1.34. The molecule has 5 rings (SSSR count).